The number of sulfonamides is 1. The van der Waals surface area contributed by atoms with Crippen molar-refractivity contribution in [3.05, 3.63) is 59.6 Å². The maximum Gasteiger partial charge on any atom is 0.261 e. The zero-order valence-corrected chi connectivity index (χ0v) is 16.3. The lowest BCUT2D eigenvalue weighted by atomic mass is 10.3. The monoisotopic (exact) mass is 402 g/mol. The minimum absolute atomic E-state index is 0.102. The van der Waals surface area contributed by atoms with Crippen LogP contribution in [0.3, 0.4) is 0 Å². The van der Waals surface area contributed by atoms with Crippen molar-refractivity contribution in [2.24, 2.45) is 0 Å². The van der Waals surface area contributed by atoms with Crippen LogP contribution < -0.4 is 15.4 Å². The predicted molar refractivity (Wildman–Crippen MR) is 108 cm³/mol. The maximum atomic E-state index is 12.6. The number of carbonyl (C=O) groups excluding carboxylic acids is 1. The van der Waals surface area contributed by atoms with E-state index in [-0.39, 0.29) is 10.8 Å². The Morgan fingerprint density at radius 2 is 1.74 bits per heavy atom. The van der Waals surface area contributed by atoms with Gasteiger partial charge in [0, 0.05) is 23.7 Å². The van der Waals surface area contributed by atoms with Crippen LogP contribution in [0.2, 0.25) is 0 Å². The van der Waals surface area contributed by atoms with Crippen LogP contribution in [-0.4, -0.2) is 19.3 Å². The molecular formula is C18H18N4O3S2. The number of nitrogens with one attached hydrogen (secondary N) is 3. The number of thiazole rings is 1. The SMILES string of the molecule is CC(=O)Nc1ccc(S(=O)(=O)Nc2cccc(Nc3nc(C)cs3)c2)cc1. The Bertz CT molecular complexity index is 1060. The van der Waals surface area contributed by atoms with E-state index in [4.69, 9.17) is 0 Å². The Balaban J connectivity index is 1.75. The van der Waals surface area contributed by atoms with Crippen LogP contribution in [0.5, 0.6) is 0 Å². The van der Waals surface area contributed by atoms with Crippen molar-refractivity contribution in [1.82, 2.24) is 4.98 Å². The van der Waals surface area contributed by atoms with Crippen LogP contribution in [0.4, 0.5) is 22.2 Å². The molecule has 3 rings (SSSR count). The summed E-state index contributed by atoms with van der Waals surface area (Å²) in [5.41, 5.74) is 2.61. The van der Waals surface area contributed by atoms with E-state index in [1.807, 2.05) is 18.4 Å². The molecule has 0 aliphatic carbocycles. The van der Waals surface area contributed by atoms with Crippen LogP contribution in [0, 0.1) is 6.92 Å². The highest BCUT2D eigenvalue weighted by molar-refractivity contribution is 7.92. The highest BCUT2D eigenvalue weighted by atomic mass is 32.2. The summed E-state index contributed by atoms with van der Waals surface area (Å²) in [6.45, 7) is 3.30. The molecule has 1 heterocycles. The van der Waals surface area contributed by atoms with Gasteiger partial charge in [0.05, 0.1) is 16.3 Å². The standard InChI is InChI=1S/C18H18N4O3S2/c1-12-11-26-18(19-12)21-15-4-3-5-16(10-15)22-27(24,25)17-8-6-14(7-9-17)20-13(2)23/h3-11,22H,1-2H3,(H,19,21)(H,20,23). The molecule has 27 heavy (non-hydrogen) atoms. The predicted octanol–water partition coefficient (Wildman–Crippen LogP) is 3.95. The average Bonchev–Trinajstić information content (AvgIpc) is 2.99. The molecule has 3 N–H and O–H groups in total. The van der Waals surface area contributed by atoms with Crippen molar-refractivity contribution in [1.29, 1.82) is 0 Å². The lowest BCUT2D eigenvalue weighted by Crippen LogP contribution is -2.13. The number of amides is 1. The molecule has 0 unspecified atom stereocenters. The fraction of sp³-hybridized carbons (Fsp3) is 0.111. The van der Waals surface area contributed by atoms with Crippen molar-refractivity contribution in [2.75, 3.05) is 15.4 Å². The number of carbonyl (C=O) groups is 1. The quantitative estimate of drug-likeness (QED) is 0.580. The first-order valence-electron chi connectivity index (χ1n) is 8.01. The molecule has 140 valence electrons. The summed E-state index contributed by atoms with van der Waals surface area (Å²) in [5, 5.41) is 8.41. The molecule has 9 heteroatoms. The van der Waals surface area contributed by atoms with Crippen LogP contribution >= 0.6 is 11.3 Å². The minimum atomic E-state index is -3.75. The second-order valence-electron chi connectivity index (χ2n) is 5.81. The normalized spacial score (nSPS) is 11.0. The van der Waals surface area contributed by atoms with E-state index in [9.17, 15) is 13.2 Å². The molecule has 0 aliphatic heterocycles. The van der Waals surface area contributed by atoms with E-state index in [1.54, 1.807) is 30.3 Å². The number of rotatable bonds is 6. The molecule has 0 aliphatic rings. The van der Waals surface area contributed by atoms with Crippen LogP contribution in [0.1, 0.15) is 12.6 Å². The zero-order chi connectivity index (χ0) is 19.4. The molecule has 0 saturated heterocycles. The molecule has 0 radical (unpaired) electrons. The van der Waals surface area contributed by atoms with Crippen molar-refractivity contribution in [2.45, 2.75) is 18.7 Å². The van der Waals surface area contributed by atoms with E-state index in [0.717, 1.165) is 16.5 Å². The number of anilines is 4. The molecule has 0 fully saturated rings. The molecule has 1 aromatic heterocycles. The Morgan fingerprint density at radius 3 is 2.37 bits per heavy atom. The van der Waals surface area contributed by atoms with E-state index in [1.165, 1.54) is 30.4 Å². The van der Waals surface area contributed by atoms with Gasteiger partial charge >= 0.3 is 0 Å². The van der Waals surface area contributed by atoms with Gasteiger partial charge in [0.15, 0.2) is 5.13 Å². The second-order valence-corrected chi connectivity index (χ2v) is 8.35. The largest absolute Gasteiger partial charge is 0.331 e. The van der Waals surface area contributed by atoms with Gasteiger partial charge in [0.2, 0.25) is 5.91 Å². The van der Waals surface area contributed by atoms with Crippen LogP contribution in [-0.2, 0) is 14.8 Å². The Hall–Kier alpha value is -2.91. The molecule has 1 amide bonds. The maximum absolute atomic E-state index is 12.6. The number of benzene rings is 2. The number of hydrogen-bond acceptors (Lipinski definition) is 6. The first kappa shape index (κ1) is 18.9. The van der Waals surface area contributed by atoms with Crippen molar-refractivity contribution in [3.8, 4) is 0 Å². The molecule has 7 nitrogen and oxygen atoms in total. The first-order valence-corrected chi connectivity index (χ1v) is 10.4. The lowest BCUT2D eigenvalue weighted by Gasteiger charge is -2.10. The Labute approximate surface area is 161 Å². The zero-order valence-electron chi connectivity index (χ0n) is 14.7. The highest BCUT2D eigenvalue weighted by Crippen LogP contribution is 2.24. The Morgan fingerprint density at radius 1 is 1.04 bits per heavy atom. The van der Waals surface area contributed by atoms with Crippen molar-refractivity contribution < 1.29 is 13.2 Å². The van der Waals surface area contributed by atoms with Gasteiger partial charge in [-0.1, -0.05) is 6.07 Å². The topological polar surface area (TPSA) is 100 Å². The fourth-order valence-electron chi connectivity index (χ4n) is 2.33. The fourth-order valence-corrected chi connectivity index (χ4v) is 4.09. The lowest BCUT2D eigenvalue weighted by molar-refractivity contribution is -0.114. The van der Waals surface area contributed by atoms with E-state index in [2.05, 4.69) is 20.3 Å². The molecule has 3 aromatic rings. The van der Waals surface area contributed by atoms with E-state index in [0.29, 0.717) is 11.4 Å². The molecular weight excluding hydrogens is 384 g/mol. The average molecular weight is 403 g/mol. The first-order chi connectivity index (χ1) is 12.8. The smallest absolute Gasteiger partial charge is 0.261 e. The van der Waals surface area contributed by atoms with Gasteiger partial charge in [0.1, 0.15) is 0 Å². The van der Waals surface area contributed by atoms with E-state index >= 15 is 0 Å². The summed E-state index contributed by atoms with van der Waals surface area (Å²) < 4.78 is 27.7. The van der Waals surface area contributed by atoms with E-state index < -0.39 is 10.0 Å². The molecule has 0 saturated carbocycles. The molecule has 2 aromatic carbocycles. The third-order valence-electron chi connectivity index (χ3n) is 3.47. The third kappa shape index (κ3) is 5.05. The number of aromatic nitrogens is 1. The van der Waals surface area contributed by atoms with Crippen LogP contribution in [0.15, 0.2) is 58.8 Å². The Kier molecular flexibility index (Phi) is 5.43. The van der Waals surface area contributed by atoms with Gasteiger partial charge in [-0.15, -0.1) is 11.3 Å². The number of hydrogen-bond donors (Lipinski definition) is 3. The minimum Gasteiger partial charge on any atom is -0.331 e. The van der Waals surface area contributed by atoms with Gasteiger partial charge in [-0.3, -0.25) is 9.52 Å². The van der Waals surface area contributed by atoms with Crippen LogP contribution in [0.25, 0.3) is 0 Å². The molecule has 0 atom stereocenters. The third-order valence-corrected chi connectivity index (χ3v) is 5.74. The molecule has 0 spiro atoms. The van der Waals surface area contributed by atoms with Gasteiger partial charge in [0.25, 0.3) is 10.0 Å². The number of aryl methyl sites for hydroxylation is 1. The summed E-state index contributed by atoms with van der Waals surface area (Å²) in [4.78, 5) is 15.5. The number of nitrogens with zero attached hydrogens (tertiary/aromatic N) is 1. The summed E-state index contributed by atoms with van der Waals surface area (Å²) in [6.07, 6.45) is 0. The van der Waals surface area contributed by atoms with Crippen molar-refractivity contribution >= 4 is 49.5 Å². The van der Waals surface area contributed by atoms with Gasteiger partial charge in [-0.05, 0) is 49.4 Å². The summed E-state index contributed by atoms with van der Waals surface area (Å²) >= 11 is 1.47. The summed E-state index contributed by atoms with van der Waals surface area (Å²) in [6, 6.07) is 12.9. The molecule has 0 bridgehead atoms. The second kappa shape index (κ2) is 7.77. The van der Waals surface area contributed by atoms with Gasteiger partial charge < -0.3 is 10.6 Å². The van der Waals surface area contributed by atoms with Gasteiger partial charge in [-0.2, -0.15) is 0 Å². The highest BCUT2D eigenvalue weighted by Gasteiger charge is 2.14. The summed E-state index contributed by atoms with van der Waals surface area (Å²) in [5.74, 6) is -0.219. The van der Waals surface area contributed by atoms with Crippen molar-refractivity contribution in [3.63, 3.8) is 0 Å². The summed E-state index contributed by atoms with van der Waals surface area (Å²) in [7, 11) is -3.75. The van der Waals surface area contributed by atoms with Gasteiger partial charge in [-0.25, -0.2) is 13.4 Å².